The van der Waals surface area contributed by atoms with Crippen molar-refractivity contribution in [2.24, 2.45) is 0 Å². The minimum Gasteiger partial charge on any atom is -0.385 e. The molecular formula is C14H19ClFNO. The van der Waals surface area contributed by atoms with Gasteiger partial charge in [-0.1, -0.05) is 24.6 Å². The van der Waals surface area contributed by atoms with Crippen molar-refractivity contribution in [1.82, 2.24) is 4.90 Å². The maximum absolute atomic E-state index is 13.4. The third-order valence-electron chi connectivity index (χ3n) is 3.68. The monoisotopic (exact) mass is 271 g/mol. The molecule has 1 aliphatic heterocycles. The second-order valence-corrected chi connectivity index (χ2v) is 5.41. The van der Waals surface area contributed by atoms with Gasteiger partial charge in [-0.05, 0) is 43.5 Å². The van der Waals surface area contributed by atoms with E-state index in [1.807, 2.05) is 0 Å². The van der Waals surface area contributed by atoms with Crippen molar-refractivity contribution in [3.63, 3.8) is 0 Å². The number of halogens is 2. The van der Waals surface area contributed by atoms with Gasteiger partial charge in [0.05, 0.1) is 10.6 Å². The van der Waals surface area contributed by atoms with Crippen molar-refractivity contribution in [3.05, 3.63) is 34.6 Å². The van der Waals surface area contributed by atoms with Crippen LogP contribution in [0.4, 0.5) is 4.39 Å². The van der Waals surface area contributed by atoms with Crippen molar-refractivity contribution in [2.45, 2.75) is 31.8 Å². The van der Waals surface area contributed by atoms with Crippen LogP contribution in [-0.4, -0.2) is 29.6 Å². The van der Waals surface area contributed by atoms with Gasteiger partial charge in [-0.15, -0.1) is 0 Å². The van der Waals surface area contributed by atoms with E-state index in [-0.39, 0.29) is 5.02 Å². The first-order valence-corrected chi connectivity index (χ1v) is 6.83. The summed E-state index contributed by atoms with van der Waals surface area (Å²) in [6.45, 7) is 4.92. The van der Waals surface area contributed by atoms with Gasteiger partial charge < -0.3 is 10.0 Å². The Morgan fingerprint density at radius 1 is 1.39 bits per heavy atom. The fraction of sp³-hybridized carbons (Fsp3) is 0.571. The van der Waals surface area contributed by atoms with E-state index < -0.39 is 11.4 Å². The Kier molecular flexibility index (Phi) is 4.25. The highest BCUT2D eigenvalue weighted by atomic mass is 35.5. The molecule has 1 fully saturated rings. The summed E-state index contributed by atoms with van der Waals surface area (Å²) >= 11 is 5.66. The molecule has 0 atom stereocenters. The van der Waals surface area contributed by atoms with Gasteiger partial charge in [0.15, 0.2) is 0 Å². The molecule has 0 aromatic heterocycles. The lowest BCUT2D eigenvalue weighted by molar-refractivity contribution is -0.0259. The summed E-state index contributed by atoms with van der Waals surface area (Å²) in [6, 6.07) is 4.60. The first-order chi connectivity index (χ1) is 8.55. The summed E-state index contributed by atoms with van der Waals surface area (Å²) in [5.41, 5.74) is -0.268. The van der Waals surface area contributed by atoms with Crippen LogP contribution < -0.4 is 0 Å². The molecule has 0 bridgehead atoms. The highest BCUT2D eigenvalue weighted by Gasteiger charge is 2.34. The van der Waals surface area contributed by atoms with Gasteiger partial charge in [-0.3, -0.25) is 0 Å². The Hall–Kier alpha value is -0.640. The predicted octanol–water partition coefficient (Wildman–Crippen LogP) is 3.17. The summed E-state index contributed by atoms with van der Waals surface area (Å²) in [5.74, 6) is -0.460. The van der Waals surface area contributed by atoms with E-state index in [9.17, 15) is 9.50 Å². The number of hydrogen-bond acceptors (Lipinski definition) is 2. The van der Waals surface area contributed by atoms with Gasteiger partial charge in [0.1, 0.15) is 5.82 Å². The minimum atomic E-state index is -0.907. The molecule has 1 N–H and O–H groups in total. The molecule has 1 aliphatic rings. The van der Waals surface area contributed by atoms with E-state index >= 15 is 0 Å². The zero-order valence-electron chi connectivity index (χ0n) is 10.6. The summed E-state index contributed by atoms with van der Waals surface area (Å²) in [4.78, 5) is 2.33. The second-order valence-electron chi connectivity index (χ2n) is 5.00. The van der Waals surface area contributed by atoms with Crippen molar-refractivity contribution in [2.75, 3.05) is 19.6 Å². The van der Waals surface area contributed by atoms with E-state index in [1.54, 1.807) is 6.07 Å². The quantitative estimate of drug-likeness (QED) is 0.913. The van der Waals surface area contributed by atoms with E-state index in [2.05, 4.69) is 11.8 Å². The number of rotatable bonds is 3. The maximum atomic E-state index is 13.4. The van der Waals surface area contributed by atoms with Crippen LogP contribution in [0.3, 0.4) is 0 Å². The predicted molar refractivity (Wildman–Crippen MR) is 71.3 cm³/mol. The van der Waals surface area contributed by atoms with E-state index in [0.717, 1.165) is 26.1 Å². The van der Waals surface area contributed by atoms with Gasteiger partial charge >= 0.3 is 0 Å². The maximum Gasteiger partial charge on any atom is 0.142 e. The highest BCUT2D eigenvalue weighted by Crippen LogP contribution is 2.34. The molecule has 2 rings (SSSR count). The molecule has 100 valence electrons. The molecule has 4 heteroatoms. The molecule has 1 saturated heterocycles. The van der Waals surface area contributed by atoms with Gasteiger partial charge in [-0.2, -0.15) is 0 Å². The van der Waals surface area contributed by atoms with Crippen LogP contribution in [0.5, 0.6) is 0 Å². The summed E-state index contributed by atoms with van der Waals surface area (Å²) in [7, 11) is 0. The average Bonchev–Trinajstić information content (AvgIpc) is 2.36. The Labute approximate surface area is 112 Å². The Bertz CT molecular complexity index is 416. The van der Waals surface area contributed by atoms with Crippen molar-refractivity contribution in [1.29, 1.82) is 0 Å². The third-order valence-corrected chi connectivity index (χ3v) is 3.99. The summed E-state index contributed by atoms with van der Waals surface area (Å²) in [5, 5.41) is 10.7. The Morgan fingerprint density at radius 3 is 2.61 bits per heavy atom. The van der Waals surface area contributed by atoms with Crippen LogP contribution in [0.25, 0.3) is 0 Å². The summed E-state index contributed by atoms with van der Waals surface area (Å²) in [6.07, 6.45) is 2.41. The molecular weight excluding hydrogens is 253 g/mol. The zero-order valence-corrected chi connectivity index (χ0v) is 11.4. The van der Waals surface area contributed by atoms with E-state index in [4.69, 9.17) is 11.6 Å². The second kappa shape index (κ2) is 5.55. The normalized spacial score (nSPS) is 20.0. The lowest BCUT2D eigenvalue weighted by atomic mass is 9.84. The average molecular weight is 272 g/mol. The van der Waals surface area contributed by atoms with Crippen molar-refractivity contribution in [3.8, 4) is 0 Å². The molecule has 0 spiro atoms. The van der Waals surface area contributed by atoms with Gasteiger partial charge in [-0.25, -0.2) is 4.39 Å². The zero-order chi connectivity index (χ0) is 13.2. The van der Waals surface area contributed by atoms with E-state index in [0.29, 0.717) is 18.4 Å². The van der Waals surface area contributed by atoms with Crippen LogP contribution in [0.15, 0.2) is 18.2 Å². The molecule has 0 aliphatic carbocycles. The van der Waals surface area contributed by atoms with Crippen molar-refractivity contribution >= 4 is 11.6 Å². The molecule has 18 heavy (non-hydrogen) atoms. The number of likely N-dealkylation sites (tertiary alicyclic amines) is 1. The van der Waals surface area contributed by atoms with Crippen LogP contribution >= 0.6 is 11.6 Å². The Balaban J connectivity index is 2.10. The van der Waals surface area contributed by atoms with Gasteiger partial charge in [0, 0.05) is 13.1 Å². The van der Waals surface area contributed by atoms with Crippen LogP contribution in [-0.2, 0) is 5.60 Å². The number of hydrogen-bond donors (Lipinski definition) is 1. The molecule has 0 unspecified atom stereocenters. The lowest BCUT2D eigenvalue weighted by Crippen LogP contribution is -2.42. The number of benzene rings is 1. The Morgan fingerprint density at radius 2 is 2.06 bits per heavy atom. The number of nitrogens with zero attached hydrogens (tertiary/aromatic N) is 1. The standard InChI is InChI=1S/C14H19ClFNO/c1-2-7-17-8-5-14(18,6-9-17)11-3-4-12(15)13(16)10-11/h3-4,10,18H,2,5-9H2,1H3. The van der Waals surface area contributed by atoms with E-state index in [1.165, 1.54) is 12.1 Å². The smallest absolute Gasteiger partial charge is 0.142 e. The molecule has 1 heterocycles. The van der Waals surface area contributed by atoms with Gasteiger partial charge in [0.2, 0.25) is 0 Å². The summed E-state index contributed by atoms with van der Waals surface area (Å²) < 4.78 is 13.4. The number of aliphatic hydroxyl groups is 1. The van der Waals surface area contributed by atoms with Crippen LogP contribution in [0, 0.1) is 5.82 Å². The lowest BCUT2D eigenvalue weighted by Gasteiger charge is -2.38. The molecule has 0 saturated carbocycles. The molecule has 2 nitrogen and oxygen atoms in total. The number of piperidine rings is 1. The fourth-order valence-electron chi connectivity index (χ4n) is 2.54. The highest BCUT2D eigenvalue weighted by molar-refractivity contribution is 6.30. The molecule has 1 aromatic rings. The molecule has 0 radical (unpaired) electrons. The molecule has 1 aromatic carbocycles. The van der Waals surface area contributed by atoms with Gasteiger partial charge in [0.25, 0.3) is 0 Å². The third kappa shape index (κ3) is 2.85. The topological polar surface area (TPSA) is 23.5 Å². The minimum absolute atomic E-state index is 0.103. The largest absolute Gasteiger partial charge is 0.385 e. The first kappa shape index (κ1) is 13.8. The van der Waals surface area contributed by atoms with Crippen LogP contribution in [0.1, 0.15) is 31.7 Å². The first-order valence-electron chi connectivity index (χ1n) is 6.45. The van der Waals surface area contributed by atoms with Crippen molar-refractivity contribution < 1.29 is 9.50 Å². The molecule has 0 amide bonds. The SMILES string of the molecule is CCCN1CCC(O)(c2ccc(Cl)c(F)c2)CC1. The fourth-order valence-corrected chi connectivity index (χ4v) is 2.65. The van der Waals surface area contributed by atoms with Crippen LogP contribution in [0.2, 0.25) is 5.02 Å².